The summed E-state index contributed by atoms with van der Waals surface area (Å²) in [7, 11) is 1.66. The van der Waals surface area contributed by atoms with Gasteiger partial charge in [0.1, 0.15) is 23.0 Å². The Morgan fingerprint density at radius 2 is 1.94 bits per heavy atom. The van der Waals surface area contributed by atoms with Gasteiger partial charge in [-0.05, 0) is 55.2 Å². The second-order valence-electron chi connectivity index (χ2n) is 9.99. The average molecular weight is 436 g/mol. The van der Waals surface area contributed by atoms with Crippen LogP contribution in [0.15, 0.2) is 41.4 Å². The summed E-state index contributed by atoms with van der Waals surface area (Å²) < 4.78 is 11.8. The highest BCUT2D eigenvalue weighted by Gasteiger charge is 2.33. The van der Waals surface area contributed by atoms with Gasteiger partial charge in [0.15, 0.2) is 5.75 Å². The van der Waals surface area contributed by atoms with Crippen LogP contribution in [0.1, 0.15) is 45.2 Å². The maximum Gasteiger partial charge on any atom is 0.223 e. The van der Waals surface area contributed by atoms with E-state index in [-0.39, 0.29) is 17.4 Å². The summed E-state index contributed by atoms with van der Waals surface area (Å²) in [6.45, 7) is 12.6. The van der Waals surface area contributed by atoms with Crippen molar-refractivity contribution in [1.29, 1.82) is 0 Å². The first-order valence-electron chi connectivity index (χ1n) is 11.2. The molecular formula is C26H33N3O3. The number of amidine groups is 1. The number of ether oxygens (including phenoxy) is 2. The first-order chi connectivity index (χ1) is 15.1. The number of methoxy groups -OCH3 is 1. The molecule has 32 heavy (non-hydrogen) atoms. The summed E-state index contributed by atoms with van der Waals surface area (Å²) in [5, 5.41) is 0. The van der Waals surface area contributed by atoms with Gasteiger partial charge < -0.3 is 19.3 Å². The molecule has 1 atom stereocenters. The molecule has 1 fully saturated rings. The number of amides is 1. The Bertz CT molecular complexity index is 1050. The van der Waals surface area contributed by atoms with Gasteiger partial charge >= 0.3 is 0 Å². The van der Waals surface area contributed by atoms with Crippen LogP contribution in [-0.2, 0) is 4.79 Å². The molecule has 4 rings (SSSR count). The third kappa shape index (κ3) is 4.59. The molecule has 0 aromatic heterocycles. The van der Waals surface area contributed by atoms with Gasteiger partial charge in [0.2, 0.25) is 5.91 Å². The van der Waals surface area contributed by atoms with Crippen molar-refractivity contribution < 1.29 is 14.3 Å². The van der Waals surface area contributed by atoms with E-state index in [4.69, 9.17) is 14.5 Å². The maximum absolute atomic E-state index is 12.9. The van der Waals surface area contributed by atoms with E-state index in [0.717, 1.165) is 46.4 Å². The number of nitrogens with zero attached hydrogens (tertiary/aromatic N) is 3. The highest BCUT2D eigenvalue weighted by atomic mass is 16.5. The summed E-state index contributed by atoms with van der Waals surface area (Å²) in [6.07, 6.45) is 0.554. The lowest BCUT2D eigenvalue weighted by atomic mass is 9.91. The second kappa shape index (κ2) is 8.49. The van der Waals surface area contributed by atoms with Gasteiger partial charge in [0.25, 0.3) is 0 Å². The number of piperazine rings is 1. The van der Waals surface area contributed by atoms with Crippen LogP contribution in [0.3, 0.4) is 0 Å². The van der Waals surface area contributed by atoms with E-state index in [0.29, 0.717) is 19.5 Å². The van der Waals surface area contributed by atoms with Crippen molar-refractivity contribution in [3.8, 4) is 17.2 Å². The number of rotatable bonds is 2. The number of carbonyl (C=O) groups excluding carboxylic acids is 1. The van der Waals surface area contributed by atoms with Crippen LogP contribution < -0.4 is 9.47 Å². The van der Waals surface area contributed by atoms with Crippen LogP contribution in [0.4, 0.5) is 5.69 Å². The van der Waals surface area contributed by atoms with Gasteiger partial charge in [-0.1, -0.05) is 26.8 Å². The topological polar surface area (TPSA) is 54.4 Å². The fourth-order valence-electron chi connectivity index (χ4n) is 4.30. The predicted octanol–water partition coefficient (Wildman–Crippen LogP) is 5.16. The minimum Gasteiger partial charge on any atom is -0.497 e. The smallest absolute Gasteiger partial charge is 0.223 e. The van der Waals surface area contributed by atoms with Crippen LogP contribution in [0.25, 0.3) is 0 Å². The van der Waals surface area contributed by atoms with Gasteiger partial charge in [-0.25, -0.2) is 4.99 Å². The molecule has 1 amide bonds. The Morgan fingerprint density at radius 3 is 2.62 bits per heavy atom. The van der Waals surface area contributed by atoms with Crippen molar-refractivity contribution in [2.45, 2.75) is 47.1 Å². The lowest BCUT2D eigenvalue weighted by Crippen LogP contribution is -2.56. The summed E-state index contributed by atoms with van der Waals surface area (Å²) in [5.74, 6) is 3.34. The molecule has 0 bridgehead atoms. The molecule has 0 saturated carbocycles. The van der Waals surface area contributed by atoms with Gasteiger partial charge in [-0.2, -0.15) is 0 Å². The number of fused-ring (bicyclic) bond motifs is 2. The maximum atomic E-state index is 12.9. The van der Waals surface area contributed by atoms with Crippen molar-refractivity contribution in [1.82, 2.24) is 9.80 Å². The van der Waals surface area contributed by atoms with Crippen LogP contribution >= 0.6 is 0 Å². The molecule has 1 saturated heterocycles. The van der Waals surface area contributed by atoms with E-state index in [2.05, 4.69) is 32.6 Å². The van der Waals surface area contributed by atoms with E-state index in [1.54, 1.807) is 7.11 Å². The van der Waals surface area contributed by atoms with Gasteiger partial charge in [0.05, 0.1) is 12.7 Å². The Kier molecular flexibility index (Phi) is 5.89. The Morgan fingerprint density at radius 1 is 1.16 bits per heavy atom. The summed E-state index contributed by atoms with van der Waals surface area (Å²) >= 11 is 0. The van der Waals surface area contributed by atoms with Gasteiger partial charge in [0, 0.05) is 32.1 Å². The first-order valence-corrected chi connectivity index (χ1v) is 11.2. The van der Waals surface area contributed by atoms with Crippen LogP contribution in [0.2, 0.25) is 0 Å². The highest BCUT2D eigenvalue weighted by molar-refractivity contribution is 6.04. The first kappa shape index (κ1) is 22.2. The molecule has 170 valence electrons. The summed E-state index contributed by atoms with van der Waals surface area (Å²) in [5.41, 5.74) is 2.81. The minimum absolute atomic E-state index is 0.0199. The Hall–Kier alpha value is -3.02. The molecule has 0 unspecified atom stereocenters. The summed E-state index contributed by atoms with van der Waals surface area (Å²) in [6, 6.07) is 12.0. The molecule has 0 spiro atoms. The molecule has 0 N–H and O–H groups in total. The molecule has 2 heterocycles. The molecule has 6 nitrogen and oxygen atoms in total. The lowest BCUT2D eigenvalue weighted by molar-refractivity contribution is -0.136. The van der Waals surface area contributed by atoms with Crippen LogP contribution in [-0.4, -0.2) is 54.3 Å². The zero-order valence-corrected chi connectivity index (χ0v) is 19.9. The standard InChI is InChI=1S/C26H33N3O3/c1-17-7-9-21-23(13-17)32-22-10-8-19(31-6)14-20(22)25(27-21)28-11-12-29(18(2)16-28)24(30)15-26(3,4)5/h7-10,13-14,18H,11-12,15-16H2,1-6H3/t18-/m1/s1. The summed E-state index contributed by atoms with van der Waals surface area (Å²) in [4.78, 5) is 22.2. The highest BCUT2D eigenvalue weighted by Crippen LogP contribution is 2.40. The molecule has 2 aromatic carbocycles. The SMILES string of the molecule is COc1ccc2c(c1)C(N1CCN(C(=O)CC(C)(C)C)[C@H](C)C1)=Nc1ccc(C)cc1O2. The number of aryl methyl sites for hydroxylation is 1. The molecule has 0 aliphatic carbocycles. The normalized spacial score (nSPS) is 18.2. The van der Waals surface area contributed by atoms with E-state index in [9.17, 15) is 4.79 Å². The predicted molar refractivity (Wildman–Crippen MR) is 127 cm³/mol. The van der Waals surface area contributed by atoms with Gasteiger partial charge in [-0.3, -0.25) is 4.79 Å². The van der Waals surface area contributed by atoms with Crippen molar-refractivity contribution in [2.24, 2.45) is 10.4 Å². The Labute approximate surface area is 190 Å². The van der Waals surface area contributed by atoms with E-state index < -0.39 is 0 Å². The van der Waals surface area contributed by atoms with Crippen molar-refractivity contribution in [2.75, 3.05) is 26.7 Å². The second-order valence-corrected chi connectivity index (χ2v) is 9.99. The molecule has 2 aliphatic rings. The number of hydrogen-bond acceptors (Lipinski definition) is 5. The zero-order valence-electron chi connectivity index (χ0n) is 19.9. The van der Waals surface area contributed by atoms with E-state index in [1.807, 2.05) is 48.2 Å². The third-order valence-corrected chi connectivity index (χ3v) is 5.92. The number of hydrogen-bond donors (Lipinski definition) is 0. The zero-order chi connectivity index (χ0) is 23.0. The van der Waals surface area contributed by atoms with Crippen LogP contribution in [0.5, 0.6) is 17.2 Å². The number of benzene rings is 2. The quantitative estimate of drug-likeness (QED) is 0.654. The lowest BCUT2D eigenvalue weighted by Gasteiger charge is -2.42. The van der Waals surface area contributed by atoms with E-state index in [1.165, 1.54) is 0 Å². The van der Waals surface area contributed by atoms with Crippen molar-refractivity contribution in [3.63, 3.8) is 0 Å². The largest absolute Gasteiger partial charge is 0.497 e. The third-order valence-electron chi connectivity index (χ3n) is 5.92. The van der Waals surface area contributed by atoms with Crippen molar-refractivity contribution >= 4 is 17.4 Å². The number of aliphatic imine (C=N–C) groups is 1. The number of carbonyl (C=O) groups is 1. The molecule has 0 radical (unpaired) electrons. The molecule has 6 heteroatoms. The Balaban J connectivity index is 1.67. The van der Waals surface area contributed by atoms with Gasteiger partial charge in [-0.15, -0.1) is 0 Å². The molecule has 2 aromatic rings. The minimum atomic E-state index is -0.0199. The van der Waals surface area contributed by atoms with Crippen LogP contribution in [0, 0.1) is 12.3 Å². The fourth-order valence-corrected chi connectivity index (χ4v) is 4.30. The molecule has 2 aliphatic heterocycles. The average Bonchev–Trinajstić information content (AvgIpc) is 2.88. The molecular weight excluding hydrogens is 402 g/mol. The van der Waals surface area contributed by atoms with Crippen molar-refractivity contribution in [3.05, 3.63) is 47.5 Å². The monoisotopic (exact) mass is 435 g/mol. The van der Waals surface area contributed by atoms with E-state index >= 15 is 0 Å². The fraction of sp³-hybridized carbons (Fsp3) is 0.462.